The van der Waals surface area contributed by atoms with Crippen molar-refractivity contribution in [1.82, 2.24) is 19.9 Å². The summed E-state index contributed by atoms with van der Waals surface area (Å²) in [6.07, 6.45) is 3.85. The third-order valence-corrected chi connectivity index (χ3v) is 6.82. The zero-order valence-electron chi connectivity index (χ0n) is 20.0. The van der Waals surface area contributed by atoms with Gasteiger partial charge in [-0.25, -0.2) is 13.8 Å². The van der Waals surface area contributed by atoms with Crippen molar-refractivity contribution in [3.05, 3.63) is 60.1 Å². The van der Waals surface area contributed by atoms with Crippen LogP contribution in [0, 0.1) is 18.7 Å². The predicted octanol–water partition coefficient (Wildman–Crippen LogP) is 3.96. The number of imidazole rings is 1. The fraction of sp³-hybridized carbons (Fsp3) is 0.385. The number of benzene rings is 1. The van der Waals surface area contributed by atoms with Crippen LogP contribution in [0.15, 0.2) is 42.7 Å². The van der Waals surface area contributed by atoms with E-state index in [1.165, 1.54) is 6.07 Å². The van der Waals surface area contributed by atoms with Gasteiger partial charge in [0, 0.05) is 49.2 Å². The molecule has 8 nitrogen and oxygen atoms in total. The van der Waals surface area contributed by atoms with Crippen molar-refractivity contribution in [2.75, 3.05) is 36.4 Å². The van der Waals surface area contributed by atoms with Crippen LogP contribution in [-0.4, -0.2) is 64.0 Å². The molecule has 0 aliphatic carbocycles. The van der Waals surface area contributed by atoms with Gasteiger partial charge in [0.25, 0.3) is 5.91 Å². The average Bonchev–Trinajstić information content (AvgIpc) is 3.54. The average molecular weight is 495 g/mol. The molecule has 10 heteroatoms. The van der Waals surface area contributed by atoms with Gasteiger partial charge < -0.3 is 20.1 Å². The van der Waals surface area contributed by atoms with Gasteiger partial charge in [-0.15, -0.1) is 0 Å². The molecule has 1 aromatic carbocycles. The number of anilines is 2. The highest BCUT2D eigenvalue weighted by Gasteiger charge is 2.33. The van der Waals surface area contributed by atoms with Crippen LogP contribution < -0.4 is 10.2 Å². The number of hydrogen-bond donors (Lipinski definition) is 2. The van der Waals surface area contributed by atoms with E-state index < -0.39 is 17.9 Å². The Balaban J connectivity index is 1.27. The van der Waals surface area contributed by atoms with E-state index in [0.29, 0.717) is 56.0 Å². The van der Waals surface area contributed by atoms with E-state index in [1.54, 1.807) is 29.4 Å². The van der Waals surface area contributed by atoms with Crippen LogP contribution in [0.2, 0.25) is 0 Å². The van der Waals surface area contributed by atoms with E-state index in [4.69, 9.17) is 0 Å². The molecule has 3 aromatic rings. The van der Waals surface area contributed by atoms with Gasteiger partial charge in [-0.3, -0.25) is 14.6 Å². The Labute approximate surface area is 207 Å². The Morgan fingerprint density at radius 1 is 1.14 bits per heavy atom. The van der Waals surface area contributed by atoms with Crippen molar-refractivity contribution in [3.63, 3.8) is 0 Å². The van der Waals surface area contributed by atoms with Crippen LogP contribution in [0.25, 0.3) is 11.3 Å². The first-order chi connectivity index (χ1) is 17.4. The standard InChI is InChI=1S/C26H28F2N6O2/c1-16-13-18(5-9-29-16)22-14-30-24(31-22)25(35)32-21-4-2-3-20(28)23(21)33-10-6-17(7-11-33)26(36)34-12-8-19(27)15-34/h2-5,9,13-14,17,19H,6-8,10-12,15H2,1H3,(H,30,31)(H,32,35). The number of hydrogen-bond acceptors (Lipinski definition) is 5. The van der Waals surface area contributed by atoms with Crippen molar-refractivity contribution in [2.45, 2.75) is 32.4 Å². The van der Waals surface area contributed by atoms with E-state index in [1.807, 2.05) is 24.0 Å². The molecule has 0 bridgehead atoms. The summed E-state index contributed by atoms with van der Waals surface area (Å²) >= 11 is 0. The van der Waals surface area contributed by atoms with Gasteiger partial charge in [-0.2, -0.15) is 0 Å². The number of para-hydroxylation sites is 1. The zero-order chi connectivity index (χ0) is 25.2. The Kier molecular flexibility index (Phi) is 6.67. The summed E-state index contributed by atoms with van der Waals surface area (Å²) in [5.74, 6) is -1.05. The molecule has 1 atom stereocenters. The van der Waals surface area contributed by atoms with Crippen LogP contribution in [0.3, 0.4) is 0 Å². The first-order valence-corrected chi connectivity index (χ1v) is 12.1. The highest BCUT2D eigenvalue weighted by Crippen LogP contribution is 2.33. The normalized spacial score (nSPS) is 18.5. The maximum absolute atomic E-state index is 15.0. The number of H-pyrrole nitrogens is 1. The molecule has 2 aliphatic rings. The number of amides is 2. The fourth-order valence-electron chi connectivity index (χ4n) is 4.94. The lowest BCUT2D eigenvalue weighted by molar-refractivity contribution is -0.135. The number of halogens is 2. The molecule has 0 saturated carbocycles. The third kappa shape index (κ3) is 4.93. The topological polar surface area (TPSA) is 94.2 Å². The monoisotopic (exact) mass is 494 g/mol. The lowest BCUT2D eigenvalue weighted by Gasteiger charge is -2.35. The molecule has 2 fully saturated rings. The van der Waals surface area contributed by atoms with Crippen molar-refractivity contribution >= 4 is 23.2 Å². The second kappa shape index (κ2) is 10.0. The number of rotatable bonds is 5. The van der Waals surface area contributed by atoms with Gasteiger partial charge in [0.15, 0.2) is 5.82 Å². The maximum atomic E-state index is 15.0. The van der Waals surface area contributed by atoms with Crippen molar-refractivity contribution in [3.8, 4) is 11.3 Å². The molecule has 188 valence electrons. The number of likely N-dealkylation sites (tertiary alicyclic amines) is 1. The molecule has 2 N–H and O–H groups in total. The summed E-state index contributed by atoms with van der Waals surface area (Å²) in [5, 5.41) is 2.78. The number of nitrogens with zero attached hydrogens (tertiary/aromatic N) is 4. The molecule has 2 amide bonds. The zero-order valence-corrected chi connectivity index (χ0v) is 20.0. The first-order valence-electron chi connectivity index (χ1n) is 12.1. The molecular weight excluding hydrogens is 466 g/mol. The molecule has 2 saturated heterocycles. The number of carbonyl (C=O) groups is 2. The molecule has 0 spiro atoms. The summed E-state index contributed by atoms with van der Waals surface area (Å²) < 4.78 is 28.5. The van der Waals surface area contributed by atoms with E-state index in [0.717, 1.165) is 11.3 Å². The molecule has 4 heterocycles. The predicted molar refractivity (Wildman–Crippen MR) is 132 cm³/mol. The van der Waals surface area contributed by atoms with Crippen molar-refractivity contribution < 1.29 is 18.4 Å². The number of piperidine rings is 1. The minimum absolute atomic E-state index is 0.0186. The van der Waals surface area contributed by atoms with Crippen LogP contribution in [0.4, 0.5) is 20.2 Å². The number of aryl methyl sites for hydroxylation is 1. The Morgan fingerprint density at radius 3 is 2.67 bits per heavy atom. The van der Waals surface area contributed by atoms with Gasteiger partial charge in [0.1, 0.15) is 12.0 Å². The lowest BCUT2D eigenvalue weighted by Crippen LogP contribution is -2.42. The summed E-state index contributed by atoms with van der Waals surface area (Å²) in [7, 11) is 0. The minimum Gasteiger partial charge on any atom is -0.367 e. The van der Waals surface area contributed by atoms with Gasteiger partial charge in [0.05, 0.1) is 23.6 Å². The Morgan fingerprint density at radius 2 is 1.94 bits per heavy atom. The summed E-state index contributed by atoms with van der Waals surface area (Å²) in [6, 6.07) is 8.22. The number of alkyl halides is 1. The first kappa shape index (κ1) is 23.9. The summed E-state index contributed by atoms with van der Waals surface area (Å²) in [5.41, 5.74) is 2.90. The molecule has 2 aliphatic heterocycles. The molecule has 36 heavy (non-hydrogen) atoms. The number of aromatic nitrogens is 3. The second-order valence-corrected chi connectivity index (χ2v) is 9.34. The van der Waals surface area contributed by atoms with E-state index >= 15 is 0 Å². The molecule has 1 unspecified atom stereocenters. The fourth-order valence-corrected chi connectivity index (χ4v) is 4.94. The maximum Gasteiger partial charge on any atom is 0.291 e. The van der Waals surface area contributed by atoms with Crippen LogP contribution >= 0.6 is 0 Å². The second-order valence-electron chi connectivity index (χ2n) is 9.34. The largest absolute Gasteiger partial charge is 0.367 e. The van der Waals surface area contributed by atoms with E-state index in [2.05, 4.69) is 20.3 Å². The third-order valence-electron chi connectivity index (χ3n) is 6.82. The highest BCUT2D eigenvalue weighted by atomic mass is 19.1. The number of carbonyl (C=O) groups excluding carboxylic acids is 2. The summed E-state index contributed by atoms with van der Waals surface area (Å²) in [4.78, 5) is 40.6. The van der Waals surface area contributed by atoms with Crippen molar-refractivity contribution in [2.24, 2.45) is 5.92 Å². The van der Waals surface area contributed by atoms with Gasteiger partial charge in [-0.1, -0.05) is 6.07 Å². The SMILES string of the molecule is Cc1cc(-c2c[nH]c(C(=O)Nc3cccc(F)c3N3CCC(C(=O)N4CCC(F)C4)CC3)n2)ccn1. The molecule has 5 rings (SSSR count). The Bertz CT molecular complexity index is 1270. The quantitative estimate of drug-likeness (QED) is 0.560. The lowest BCUT2D eigenvalue weighted by atomic mass is 9.94. The van der Waals surface area contributed by atoms with Gasteiger partial charge >= 0.3 is 0 Å². The van der Waals surface area contributed by atoms with E-state index in [-0.39, 0.29) is 24.2 Å². The number of pyridine rings is 1. The van der Waals surface area contributed by atoms with Gasteiger partial charge in [0.2, 0.25) is 5.91 Å². The van der Waals surface area contributed by atoms with Crippen LogP contribution in [-0.2, 0) is 4.79 Å². The number of aromatic amines is 1. The van der Waals surface area contributed by atoms with Crippen LogP contribution in [0.5, 0.6) is 0 Å². The summed E-state index contributed by atoms with van der Waals surface area (Å²) in [6.45, 7) is 3.41. The Hall–Kier alpha value is -3.82. The highest BCUT2D eigenvalue weighted by molar-refractivity contribution is 6.04. The smallest absolute Gasteiger partial charge is 0.291 e. The number of nitrogens with one attached hydrogen (secondary N) is 2. The molecule has 0 radical (unpaired) electrons. The van der Waals surface area contributed by atoms with Crippen LogP contribution in [0.1, 0.15) is 35.6 Å². The molecule has 2 aromatic heterocycles. The molecular formula is C26H28F2N6O2. The van der Waals surface area contributed by atoms with Crippen molar-refractivity contribution in [1.29, 1.82) is 0 Å². The van der Waals surface area contributed by atoms with Gasteiger partial charge in [-0.05, 0) is 50.5 Å². The van der Waals surface area contributed by atoms with E-state index in [9.17, 15) is 18.4 Å². The minimum atomic E-state index is -0.947.